The van der Waals surface area contributed by atoms with Gasteiger partial charge in [-0.2, -0.15) is 0 Å². The summed E-state index contributed by atoms with van der Waals surface area (Å²) in [6.45, 7) is 2.49. The lowest BCUT2D eigenvalue weighted by Gasteiger charge is -2.26. The van der Waals surface area contributed by atoms with Crippen molar-refractivity contribution in [2.24, 2.45) is 0 Å². The van der Waals surface area contributed by atoms with Crippen LogP contribution in [0.25, 0.3) is 0 Å². The highest BCUT2D eigenvalue weighted by Crippen LogP contribution is 2.19. The summed E-state index contributed by atoms with van der Waals surface area (Å²) < 4.78 is 1.77. The summed E-state index contributed by atoms with van der Waals surface area (Å²) in [4.78, 5) is 11.9. The van der Waals surface area contributed by atoms with Crippen LogP contribution in [0.15, 0.2) is 17.8 Å². The fourth-order valence-electron chi connectivity index (χ4n) is 2.41. The van der Waals surface area contributed by atoms with Crippen LogP contribution in [-0.4, -0.2) is 40.5 Å². The number of nitrogens with zero attached hydrogens (tertiary/aromatic N) is 3. The monoisotopic (exact) mass is 261 g/mol. The summed E-state index contributed by atoms with van der Waals surface area (Å²) in [6.07, 6.45) is 8.59. The van der Waals surface area contributed by atoms with E-state index in [9.17, 15) is 4.79 Å². The third-order valence-corrected chi connectivity index (χ3v) is 3.74. The molecule has 6 heteroatoms. The van der Waals surface area contributed by atoms with Crippen molar-refractivity contribution in [2.45, 2.75) is 31.7 Å². The summed E-state index contributed by atoms with van der Waals surface area (Å²) in [7, 11) is 0. The third-order valence-electron chi connectivity index (χ3n) is 3.74. The Morgan fingerprint density at radius 2 is 2.42 bits per heavy atom. The Labute approximate surface area is 112 Å². The van der Waals surface area contributed by atoms with Gasteiger partial charge in [0.15, 0.2) is 5.69 Å². The van der Waals surface area contributed by atoms with Gasteiger partial charge >= 0.3 is 0 Å². The Balaban J connectivity index is 1.47. The first-order valence-corrected chi connectivity index (χ1v) is 6.91. The van der Waals surface area contributed by atoms with Crippen LogP contribution in [-0.2, 0) is 0 Å². The highest BCUT2D eigenvalue weighted by molar-refractivity contribution is 5.91. The van der Waals surface area contributed by atoms with Gasteiger partial charge in [-0.25, -0.2) is 4.68 Å². The van der Waals surface area contributed by atoms with Crippen molar-refractivity contribution in [1.82, 2.24) is 25.6 Å². The smallest absolute Gasteiger partial charge is 0.273 e. The second kappa shape index (κ2) is 5.52. The highest BCUT2D eigenvalue weighted by atomic mass is 16.2. The quantitative estimate of drug-likeness (QED) is 0.764. The van der Waals surface area contributed by atoms with Gasteiger partial charge in [0.05, 0.1) is 12.2 Å². The van der Waals surface area contributed by atoms with Crippen LogP contribution < -0.4 is 10.6 Å². The first kappa shape index (κ1) is 12.3. The van der Waals surface area contributed by atoms with Gasteiger partial charge in [-0.1, -0.05) is 16.9 Å². The molecule has 3 rings (SSSR count). The molecular weight excluding hydrogens is 242 g/mol. The van der Waals surface area contributed by atoms with Crippen LogP contribution >= 0.6 is 0 Å². The second-order valence-electron chi connectivity index (χ2n) is 5.16. The van der Waals surface area contributed by atoms with Gasteiger partial charge in [-0.05, 0) is 25.7 Å². The molecule has 0 saturated carbocycles. The molecule has 6 nitrogen and oxygen atoms in total. The molecule has 2 heterocycles. The number of aromatic nitrogens is 3. The van der Waals surface area contributed by atoms with Crippen molar-refractivity contribution in [1.29, 1.82) is 0 Å². The van der Waals surface area contributed by atoms with E-state index in [2.05, 4.69) is 27.0 Å². The minimum Gasteiger partial charge on any atom is -0.350 e. The summed E-state index contributed by atoms with van der Waals surface area (Å²) in [5.74, 6) is -0.128. The Morgan fingerprint density at radius 3 is 3.11 bits per heavy atom. The van der Waals surface area contributed by atoms with E-state index in [0.29, 0.717) is 18.3 Å². The fraction of sp³-hybridized carbons (Fsp3) is 0.615. The van der Waals surface area contributed by atoms with Crippen LogP contribution in [0, 0.1) is 0 Å². The molecule has 0 spiro atoms. The van der Waals surface area contributed by atoms with Crippen LogP contribution in [0.5, 0.6) is 0 Å². The van der Waals surface area contributed by atoms with E-state index in [1.54, 1.807) is 10.9 Å². The van der Waals surface area contributed by atoms with E-state index in [-0.39, 0.29) is 5.91 Å². The van der Waals surface area contributed by atoms with E-state index in [4.69, 9.17) is 0 Å². The van der Waals surface area contributed by atoms with Gasteiger partial charge in [-0.3, -0.25) is 4.79 Å². The molecule has 1 saturated heterocycles. The van der Waals surface area contributed by atoms with Crippen molar-refractivity contribution in [3.8, 4) is 0 Å². The first-order valence-electron chi connectivity index (χ1n) is 6.91. The number of rotatable bonds is 5. The molecule has 1 aromatic heterocycles. The lowest BCUT2D eigenvalue weighted by molar-refractivity contribution is 0.0949. The van der Waals surface area contributed by atoms with Crippen molar-refractivity contribution in [3.05, 3.63) is 23.5 Å². The Hall–Kier alpha value is -1.69. The molecule has 1 aromatic rings. The van der Waals surface area contributed by atoms with Gasteiger partial charge in [0.2, 0.25) is 0 Å². The molecule has 0 bridgehead atoms. The zero-order valence-electron chi connectivity index (χ0n) is 10.9. The van der Waals surface area contributed by atoms with Crippen molar-refractivity contribution >= 4 is 5.91 Å². The van der Waals surface area contributed by atoms with Gasteiger partial charge < -0.3 is 10.6 Å². The van der Waals surface area contributed by atoms with E-state index >= 15 is 0 Å². The molecule has 1 aliphatic heterocycles. The molecule has 0 atom stereocenters. The van der Waals surface area contributed by atoms with Crippen molar-refractivity contribution in [2.75, 3.05) is 19.6 Å². The molecule has 0 radical (unpaired) electrons. The van der Waals surface area contributed by atoms with Gasteiger partial charge in [-0.15, -0.1) is 5.10 Å². The number of nitrogens with one attached hydrogen (secondary N) is 2. The number of carbonyl (C=O) groups excluding carboxylic acids is 1. The standard InChI is InChI=1S/C13H19N5O/c19-13(15-6-5-10-3-1-2-4-10)12-9-18(17-16-12)11-7-14-8-11/h3,9,11,14H,1-2,4-8H2,(H,15,19). The van der Waals surface area contributed by atoms with Crippen molar-refractivity contribution < 1.29 is 4.79 Å². The maximum Gasteiger partial charge on any atom is 0.273 e. The summed E-state index contributed by atoms with van der Waals surface area (Å²) in [5.41, 5.74) is 1.87. The maximum atomic E-state index is 11.9. The molecule has 19 heavy (non-hydrogen) atoms. The number of carbonyl (C=O) groups is 1. The number of amides is 1. The molecule has 1 amide bonds. The van der Waals surface area contributed by atoms with Gasteiger partial charge in [0.25, 0.3) is 5.91 Å². The normalized spacial score (nSPS) is 19.1. The summed E-state index contributed by atoms with van der Waals surface area (Å²) in [5, 5.41) is 14.0. The number of hydrogen-bond acceptors (Lipinski definition) is 4. The van der Waals surface area contributed by atoms with Crippen LogP contribution in [0.4, 0.5) is 0 Å². The molecule has 2 N–H and O–H groups in total. The molecule has 2 aliphatic rings. The molecule has 0 aromatic carbocycles. The highest BCUT2D eigenvalue weighted by Gasteiger charge is 2.21. The average Bonchev–Trinajstić information content (AvgIpc) is 2.97. The average molecular weight is 261 g/mol. The van der Waals surface area contributed by atoms with Crippen LogP contribution in [0.3, 0.4) is 0 Å². The number of allylic oxidation sites excluding steroid dienone is 1. The Kier molecular flexibility index (Phi) is 3.59. The SMILES string of the molecule is O=C(NCCC1=CCCC1)c1cn(C2CNC2)nn1. The van der Waals surface area contributed by atoms with Crippen LogP contribution in [0.2, 0.25) is 0 Å². The van der Waals surface area contributed by atoms with Gasteiger partial charge in [0.1, 0.15) is 0 Å². The topological polar surface area (TPSA) is 71.8 Å². The predicted molar refractivity (Wildman–Crippen MR) is 70.8 cm³/mol. The van der Waals surface area contributed by atoms with Gasteiger partial charge in [0, 0.05) is 19.6 Å². The van der Waals surface area contributed by atoms with Crippen molar-refractivity contribution in [3.63, 3.8) is 0 Å². The van der Waals surface area contributed by atoms with E-state index < -0.39 is 0 Å². The predicted octanol–water partition coefficient (Wildman–Crippen LogP) is 0.653. The molecule has 1 aliphatic carbocycles. The van der Waals surface area contributed by atoms with E-state index in [0.717, 1.165) is 19.5 Å². The zero-order valence-corrected chi connectivity index (χ0v) is 10.9. The lowest BCUT2D eigenvalue weighted by atomic mass is 10.2. The Morgan fingerprint density at radius 1 is 1.53 bits per heavy atom. The molecule has 102 valence electrons. The fourth-order valence-corrected chi connectivity index (χ4v) is 2.41. The second-order valence-corrected chi connectivity index (χ2v) is 5.16. The summed E-state index contributed by atoms with van der Waals surface area (Å²) >= 11 is 0. The molecule has 0 unspecified atom stereocenters. The largest absolute Gasteiger partial charge is 0.350 e. The lowest BCUT2D eigenvalue weighted by Crippen LogP contribution is -2.43. The minimum atomic E-state index is -0.128. The van der Waals surface area contributed by atoms with E-state index in [1.165, 1.54) is 24.8 Å². The van der Waals surface area contributed by atoms with E-state index in [1.807, 2.05) is 0 Å². The van der Waals surface area contributed by atoms with Crippen LogP contribution in [0.1, 0.15) is 42.2 Å². The molecular formula is C13H19N5O. The third kappa shape index (κ3) is 2.84. The first-order chi connectivity index (χ1) is 9.33. The summed E-state index contributed by atoms with van der Waals surface area (Å²) in [6, 6.07) is 0.345. The molecule has 1 fully saturated rings. The zero-order chi connectivity index (χ0) is 13.1. The maximum absolute atomic E-state index is 11.9. The number of hydrogen-bond donors (Lipinski definition) is 2. The Bertz CT molecular complexity index is 489. The minimum absolute atomic E-state index is 0.128.